The van der Waals surface area contributed by atoms with Gasteiger partial charge in [-0.2, -0.15) is 0 Å². The van der Waals surface area contributed by atoms with Crippen molar-refractivity contribution < 1.29 is 73.2 Å². The summed E-state index contributed by atoms with van der Waals surface area (Å²) in [6.07, 6.45) is -14.5. The van der Waals surface area contributed by atoms with Crippen LogP contribution in [0.25, 0.3) is 0 Å². The van der Waals surface area contributed by atoms with Crippen LogP contribution < -0.4 is 5.32 Å². The lowest BCUT2D eigenvalue weighted by molar-refractivity contribution is -0.352. The number of alkyl carbamates (subject to hydrolysis) is 1. The van der Waals surface area contributed by atoms with Crippen molar-refractivity contribution in [1.29, 1.82) is 0 Å². The average Bonchev–Trinajstić information content (AvgIpc) is 3.16. The molecule has 2 bridgehead atoms. The normalized spacial score (nSPS) is 34.6. The van der Waals surface area contributed by atoms with E-state index in [9.17, 15) is 49.5 Å². The molecule has 0 radical (unpaired) electrons. The van der Waals surface area contributed by atoms with Crippen LogP contribution in [0.4, 0.5) is 4.79 Å². The first-order valence-electron chi connectivity index (χ1n) is 19.5. The van der Waals surface area contributed by atoms with Crippen LogP contribution in [0, 0.1) is 16.7 Å². The number of esters is 3. The van der Waals surface area contributed by atoms with Gasteiger partial charge in [-0.1, -0.05) is 62.4 Å². The van der Waals surface area contributed by atoms with Gasteiger partial charge in [0.15, 0.2) is 23.6 Å². The van der Waals surface area contributed by atoms with Gasteiger partial charge in [-0.3, -0.25) is 9.59 Å². The molecule has 1 amide bonds. The van der Waals surface area contributed by atoms with Crippen molar-refractivity contribution in [3.8, 4) is 0 Å². The van der Waals surface area contributed by atoms with Gasteiger partial charge in [-0.15, -0.1) is 0 Å². The third kappa shape index (κ3) is 7.12. The zero-order valence-corrected chi connectivity index (χ0v) is 34.2. The monoisotopic (exact) mass is 823 g/mol. The third-order valence-electron chi connectivity index (χ3n) is 12.6. The van der Waals surface area contributed by atoms with Crippen molar-refractivity contribution in [1.82, 2.24) is 5.32 Å². The lowest BCUT2D eigenvalue weighted by atomic mass is 9.44. The zero-order valence-electron chi connectivity index (χ0n) is 34.2. The summed E-state index contributed by atoms with van der Waals surface area (Å²) in [7, 11) is 0. The number of amides is 1. The van der Waals surface area contributed by atoms with Gasteiger partial charge in [0.1, 0.15) is 35.6 Å². The number of ketones is 1. The minimum atomic E-state index is -2.84. The summed E-state index contributed by atoms with van der Waals surface area (Å²) in [5.41, 5.74) is -9.75. The second kappa shape index (κ2) is 15.4. The van der Waals surface area contributed by atoms with E-state index < -0.39 is 112 Å². The summed E-state index contributed by atoms with van der Waals surface area (Å²) >= 11 is 0. The van der Waals surface area contributed by atoms with Gasteiger partial charge < -0.3 is 54.5 Å². The van der Waals surface area contributed by atoms with E-state index in [2.05, 4.69) is 5.32 Å². The number of nitrogens with one attached hydrogen (secondary N) is 1. The molecule has 2 unspecified atom stereocenters. The van der Waals surface area contributed by atoms with E-state index in [1.807, 2.05) is 0 Å². The Balaban J connectivity index is 1.52. The topological polar surface area (TPSA) is 245 Å². The minimum Gasteiger partial charge on any atom is -0.455 e. The average molecular weight is 824 g/mol. The molecule has 6 N–H and O–H groups in total. The predicted molar refractivity (Wildman–Crippen MR) is 205 cm³/mol. The molecular weight excluding hydrogens is 770 g/mol. The van der Waals surface area contributed by atoms with Crippen LogP contribution >= 0.6 is 0 Å². The second-order valence-corrected chi connectivity index (χ2v) is 17.6. The quantitative estimate of drug-likeness (QED) is 0.127. The molecule has 3 fully saturated rings. The van der Waals surface area contributed by atoms with Crippen molar-refractivity contribution in [3.63, 3.8) is 0 Å². The van der Waals surface area contributed by atoms with Crippen molar-refractivity contribution >= 4 is 29.8 Å². The highest BCUT2D eigenvalue weighted by molar-refractivity contribution is 5.94. The number of rotatable bonds is 8. The first-order chi connectivity index (χ1) is 27.4. The molecule has 2 aromatic carbocycles. The lowest BCUT2D eigenvalue weighted by Crippen LogP contribution is -2.83. The van der Waals surface area contributed by atoms with Crippen LogP contribution in [-0.4, -0.2) is 121 Å². The maximum Gasteiger partial charge on any atom is 0.408 e. The third-order valence-corrected chi connectivity index (χ3v) is 12.6. The van der Waals surface area contributed by atoms with E-state index >= 15 is 0 Å². The van der Waals surface area contributed by atoms with Crippen molar-refractivity contribution in [2.24, 2.45) is 16.7 Å². The molecular formula is C43H53NO15. The fourth-order valence-electron chi connectivity index (χ4n) is 9.70. The SMILES string of the molecule is CC(=O)O[C@@]12CO[C@@H]1C[C@H](O)[C@@]1(C)C(=O)[C@H](O)C3=C(C)[C@@H](OC(=O)[C@H](O)[C@@H](NC(=O)OC(C)(C)C)c4ccccc4)[C@H](O)[C@@](O)(C(OC(=O)c4ccccc4)C12)C3(C)C. The number of aliphatic hydroxyl groups excluding tert-OH is 4. The molecule has 1 heterocycles. The summed E-state index contributed by atoms with van der Waals surface area (Å²) < 4.78 is 29.2. The van der Waals surface area contributed by atoms with Gasteiger partial charge in [0.25, 0.3) is 0 Å². The first-order valence-corrected chi connectivity index (χ1v) is 19.5. The Morgan fingerprint density at radius 3 is 2.07 bits per heavy atom. The Hall–Kier alpha value is -4.71. The Labute approximate surface area is 341 Å². The van der Waals surface area contributed by atoms with Crippen molar-refractivity contribution in [3.05, 3.63) is 82.9 Å². The number of carbonyl (C=O) groups is 5. The smallest absolute Gasteiger partial charge is 0.408 e. The van der Waals surface area contributed by atoms with E-state index in [-0.39, 0.29) is 35.3 Å². The highest BCUT2D eigenvalue weighted by Gasteiger charge is 2.79. The Bertz CT molecular complexity index is 2010. The molecule has 320 valence electrons. The van der Waals surface area contributed by atoms with E-state index in [0.717, 1.165) is 6.92 Å². The van der Waals surface area contributed by atoms with Crippen LogP contribution in [0.2, 0.25) is 0 Å². The van der Waals surface area contributed by atoms with E-state index in [0.29, 0.717) is 0 Å². The number of benzene rings is 2. The maximum absolute atomic E-state index is 15.0. The summed E-state index contributed by atoms with van der Waals surface area (Å²) in [5, 5.41) is 64.2. The highest BCUT2D eigenvalue weighted by Crippen LogP contribution is 2.64. The number of Topliss-reactive ketones (excluding diaryl/α,β-unsaturated/α-hetero) is 1. The molecule has 6 rings (SSSR count). The molecule has 1 aliphatic heterocycles. The van der Waals surface area contributed by atoms with Crippen LogP contribution in [0.1, 0.15) is 83.8 Å². The predicted octanol–water partition coefficient (Wildman–Crippen LogP) is 2.23. The van der Waals surface area contributed by atoms with Gasteiger partial charge in [-0.05, 0) is 63.5 Å². The molecule has 2 aromatic rings. The number of hydrogen-bond acceptors (Lipinski definition) is 15. The molecule has 59 heavy (non-hydrogen) atoms. The first kappa shape index (κ1) is 43.9. The van der Waals surface area contributed by atoms with Gasteiger partial charge in [-0.25, -0.2) is 14.4 Å². The molecule has 0 spiro atoms. The maximum atomic E-state index is 15.0. The van der Waals surface area contributed by atoms with Gasteiger partial charge in [0.05, 0.1) is 35.6 Å². The molecule has 16 heteroatoms. The molecule has 4 aliphatic rings. The fraction of sp³-hybridized carbons (Fsp3) is 0.558. The summed E-state index contributed by atoms with van der Waals surface area (Å²) in [5.74, 6) is -5.96. The van der Waals surface area contributed by atoms with Crippen LogP contribution in [-0.2, 0) is 38.1 Å². The zero-order chi connectivity index (χ0) is 43.6. The molecule has 16 nitrogen and oxygen atoms in total. The highest BCUT2D eigenvalue weighted by atomic mass is 16.6. The summed E-state index contributed by atoms with van der Waals surface area (Å²) in [4.78, 5) is 69.0. The Kier molecular flexibility index (Phi) is 11.4. The number of fused-ring (bicyclic) bond motifs is 5. The molecule has 3 aliphatic carbocycles. The van der Waals surface area contributed by atoms with Crippen molar-refractivity contribution in [2.45, 2.75) is 127 Å². The fourth-order valence-corrected chi connectivity index (χ4v) is 9.70. The Morgan fingerprint density at radius 2 is 1.53 bits per heavy atom. The van der Waals surface area contributed by atoms with Crippen molar-refractivity contribution in [2.75, 3.05) is 6.61 Å². The molecule has 0 aromatic heterocycles. The second-order valence-electron chi connectivity index (χ2n) is 17.6. The van der Waals surface area contributed by atoms with E-state index in [1.54, 1.807) is 57.2 Å². The lowest BCUT2D eigenvalue weighted by Gasteiger charge is -2.67. The number of aliphatic hydroxyl groups is 5. The van der Waals surface area contributed by atoms with Gasteiger partial charge in [0, 0.05) is 18.8 Å². The summed E-state index contributed by atoms with van der Waals surface area (Å²) in [6.45, 7) is 11.1. The molecule has 1 saturated heterocycles. The van der Waals surface area contributed by atoms with E-state index in [1.165, 1.54) is 52.0 Å². The van der Waals surface area contributed by atoms with Crippen LogP contribution in [0.3, 0.4) is 0 Å². The number of hydrogen-bond donors (Lipinski definition) is 6. The van der Waals surface area contributed by atoms with Gasteiger partial charge in [0.2, 0.25) is 0 Å². The van der Waals surface area contributed by atoms with Crippen LogP contribution in [0.15, 0.2) is 71.8 Å². The van der Waals surface area contributed by atoms with Crippen LogP contribution in [0.5, 0.6) is 0 Å². The van der Waals surface area contributed by atoms with E-state index in [4.69, 9.17) is 23.7 Å². The Morgan fingerprint density at radius 1 is 0.932 bits per heavy atom. The largest absolute Gasteiger partial charge is 0.455 e. The summed E-state index contributed by atoms with van der Waals surface area (Å²) in [6, 6.07) is 14.1. The standard InChI is InChI=1S/C43H53NO15/c1-21-27-29(47)33(49)41(8)25(46)19-26-42(20-55-26,58-22(2)45)32(41)35(57-36(51)24-17-13-10-14-18-24)43(54,40(27,6)7)34(50)31(21)56-37(52)30(48)28(23-15-11-9-12-16-23)44-38(53)59-39(3,4)5/h9-18,25-26,28-32,34-35,46-48,50,54H,19-20H2,1-8H3,(H,44,53)/t25-,26+,28-,29+,30+,31+,32?,34-,35?,41+,42-,43+/m0/s1. The minimum absolute atomic E-state index is 0.00359. The number of carbonyl (C=O) groups excluding carboxylic acids is 5. The molecule has 2 saturated carbocycles. The molecule has 12 atom stereocenters. The van der Waals surface area contributed by atoms with Gasteiger partial charge >= 0.3 is 24.0 Å². The number of ether oxygens (including phenoxy) is 5.